The summed E-state index contributed by atoms with van der Waals surface area (Å²) in [6.07, 6.45) is 1.60. The molecule has 0 bridgehead atoms. The number of rotatable bonds is 4. The Balaban J connectivity index is 1.33. The van der Waals surface area contributed by atoms with Crippen molar-refractivity contribution in [3.63, 3.8) is 0 Å². The molecule has 5 rings (SSSR count). The van der Waals surface area contributed by atoms with Crippen molar-refractivity contribution in [1.82, 2.24) is 4.90 Å². The van der Waals surface area contributed by atoms with Crippen LogP contribution in [0.3, 0.4) is 0 Å². The number of aromatic hydroxyl groups is 1. The molecule has 1 fully saturated rings. The highest BCUT2D eigenvalue weighted by atomic mass is 19.1. The van der Waals surface area contributed by atoms with Gasteiger partial charge in [0.15, 0.2) is 5.76 Å². The first-order valence-electron chi connectivity index (χ1n) is 10.7. The summed E-state index contributed by atoms with van der Waals surface area (Å²) in [4.78, 5) is 17.5. The molecule has 2 aliphatic rings. The average Bonchev–Trinajstić information content (AvgIpc) is 3.13. The van der Waals surface area contributed by atoms with E-state index in [1.165, 1.54) is 17.8 Å². The van der Waals surface area contributed by atoms with Crippen molar-refractivity contribution in [3.8, 4) is 11.5 Å². The third-order valence-electron chi connectivity index (χ3n) is 5.96. The maximum atomic E-state index is 13.2. The summed E-state index contributed by atoms with van der Waals surface area (Å²) in [7, 11) is 0. The van der Waals surface area contributed by atoms with Gasteiger partial charge in [0.05, 0.1) is 11.1 Å². The van der Waals surface area contributed by atoms with Gasteiger partial charge in [-0.2, -0.15) is 0 Å². The van der Waals surface area contributed by atoms with E-state index in [2.05, 4.69) is 21.9 Å². The van der Waals surface area contributed by atoms with Gasteiger partial charge in [0, 0.05) is 38.4 Å². The summed E-state index contributed by atoms with van der Waals surface area (Å²) in [6, 6.07) is 19.3. The summed E-state index contributed by atoms with van der Waals surface area (Å²) in [5.74, 6) is 0.124. The van der Waals surface area contributed by atoms with Crippen LogP contribution >= 0.6 is 0 Å². The van der Waals surface area contributed by atoms with Crippen molar-refractivity contribution >= 4 is 17.5 Å². The molecule has 0 radical (unpaired) electrons. The van der Waals surface area contributed by atoms with Gasteiger partial charge in [-0.1, -0.05) is 30.3 Å². The molecule has 1 saturated heterocycles. The number of para-hydroxylation sites is 1. The van der Waals surface area contributed by atoms with Crippen LogP contribution in [0.15, 0.2) is 72.5 Å². The van der Waals surface area contributed by atoms with Gasteiger partial charge >= 0.3 is 0 Å². The van der Waals surface area contributed by atoms with E-state index in [0.29, 0.717) is 29.0 Å². The lowest BCUT2D eigenvalue weighted by Gasteiger charge is -2.36. The van der Waals surface area contributed by atoms with Crippen LogP contribution < -0.4 is 9.64 Å². The minimum Gasteiger partial charge on any atom is -0.507 e. The molecule has 0 aromatic heterocycles. The molecular formula is C26H23FN2O3. The Morgan fingerprint density at radius 2 is 1.66 bits per heavy atom. The van der Waals surface area contributed by atoms with Crippen molar-refractivity contribution in [3.05, 3.63) is 95.0 Å². The van der Waals surface area contributed by atoms with Gasteiger partial charge in [0.25, 0.3) is 0 Å². The van der Waals surface area contributed by atoms with Crippen LogP contribution in [0, 0.1) is 5.82 Å². The molecule has 2 heterocycles. The Hall–Kier alpha value is -3.64. The number of halogens is 1. The number of phenols is 1. The lowest BCUT2D eigenvalue weighted by atomic mass is 10.0. The number of hydrogen-bond acceptors (Lipinski definition) is 5. The number of Topliss-reactive ketones (excluding diaryl/α,β-unsaturated/α-hetero) is 1. The quantitative estimate of drug-likeness (QED) is 0.619. The van der Waals surface area contributed by atoms with Gasteiger partial charge < -0.3 is 14.7 Å². The Kier molecular flexibility index (Phi) is 5.37. The standard InChI is InChI=1S/C26H23FN2O3/c27-19-8-6-18(7-9-19)16-24-25(31)21-10-11-23(30)22(26(21)32-24)17-28-12-14-29(15-13-28)20-4-2-1-3-5-20/h1-11,16,30H,12-15,17H2/b24-16-. The van der Waals surface area contributed by atoms with Gasteiger partial charge in [-0.25, -0.2) is 4.39 Å². The number of piperazine rings is 1. The van der Waals surface area contributed by atoms with Crippen molar-refractivity contribution in [2.75, 3.05) is 31.1 Å². The van der Waals surface area contributed by atoms with Crippen LogP contribution in [0.5, 0.6) is 11.5 Å². The van der Waals surface area contributed by atoms with E-state index in [4.69, 9.17) is 4.74 Å². The molecule has 162 valence electrons. The number of ketones is 1. The van der Waals surface area contributed by atoms with E-state index in [1.54, 1.807) is 30.3 Å². The van der Waals surface area contributed by atoms with Crippen molar-refractivity contribution in [2.45, 2.75) is 6.54 Å². The number of phenolic OH excluding ortho intramolecular Hbond substituents is 1. The smallest absolute Gasteiger partial charge is 0.231 e. The molecule has 3 aromatic rings. The van der Waals surface area contributed by atoms with Crippen LogP contribution in [0.4, 0.5) is 10.1 Å². The SMILES string of the molecule is O=C1/C(=C/c2ccc(F)cc2)Oc2c1ccc(O)c2CN1CCN(c2ccccc2)CC1. The molecule has 3 aromatic carbocycles. The van der Waals surface area contributed by atoms with E-state index in [1.807, 2.05) is 18.2 Å². The molecule has 0 atom stereocenters. The van der Waals surface area contributed by atoms with Gasteiger partial charge in [-0.3, -0.25) is 9.69 Å². The predicted molar refractivity (Wildman–Crippen MR) is 121 cm³/mol. The summed E-state index contributed by atoms with van der Waals surface area (Å²) >= 11 is 0. The number of hydrogen-bond donors (Lipinski definition) is 1. The zero-order valence-corrected chi connectivity index (χ0v) is 17.5. The largest absolute Gasteiger partial charge is 0.507 e. The Labute approximate surface area is 186 Å². The lowest BCUT2D eigenvalue weighted by molar-refractivity contribution is 0.101. The fourth-order valence-electron chi connectivity index (χ4n) is 4.19. The number of anilines is 1. The second-order valence-corrected chi connectivity index (χ2v) is 8.03. The number of allylic oxidation sites excluding steroid dienone is 1. The lowest BCUT2D eigenvalue weighted by Crippen LogP contribution is -2.46. The predicted octanol–water partition coefficient (Wildman–Crippen LogP) is 4.47. The first-order valence-corrected chi connectivity index (χ1v) is 10.7. The third kappa shape index (κ3) is 3.97. The second kappa shape index (κ2) is 8.48. The molecule has 6 heteroatoms. The topological polar surface area (TPSA) is 53.0 Å². The van der Waals surface area contributed by atoms with Crippen LogP contribution in [0.2, 0.25) is 0 Å². The molecule has 32 heavy (non-hydrogen) atoms. The van der Waals surface area contributed by atoms with Crippen LogP contribution in [-0.2, 0) is 6.54 Å². The molecule has 0 unspecified atom stereocenters. The van der Waals surface area contributed by atoms with Crippen LogP contribution in [-0.4, -0.2) is 42.0 Å². The molecule has 0 saturated carbocycles. The molecule has 0 aliphatic carbocycles. The monoisotopic (exact) mass is 430 g/mol. The average molecular weight is 430 g/mol. The van der Waals surface area contributed by atoms with E-state index in [9.17, 15) is 14.3 Å². The number of ether oxygens (including phenoxy) is 1. The van der Waals surface area contributed by atoms with Crippen molar-refractivity contribution in [1.29, 1.82) is 0 Å². The van der Waals surface area contributed by atoms with Crippen LogP contribution in [0.1, 0.15) is 21.5 Å². The van der Waals surface area contributed by atoms with E-state index >= 15 is 0 Å². The van der Waals surface area contributed by atoms with Gasteiger partial charge in [0.1, 0.15) is 17.3 Å². The van der Waals surface area contributed by atoms with Crippen molar-refractivity contribution in [2.24, 2.45) is 0 Å². The summed E-state index contributed by atoms with van der Waals surface area (Å²) < 4.78 is 19.1. The fraction of sp³-hybridized carbons (Fsp3) is 0.192. The molecule has 2 aliphatic heterocycles. The Bertz CT molecular complexity index is 1170. The zero-order chi connectivity index (χ0) is 22.1. The van der Waals surface area contributed by atoms with Gasteiger partial charge in [0.2, 0.25) is 5.78 Å². The minimum atomic E-state index is -0.339. The summed E-state index contributed by atoms with van der Waals surface area (Å²) in [6.45, 7) is 3.94. The first kappa shape index (κ1) is 20.3. The molecular weight excluding hydrogens is 407 g/mol. The molecule has 1 N–H and O–H groups in total. The summed E-state index contributed by atoms with van der Waals surface area (Å²) in [5.41, 5.74) is 2.94. The highest BCUT2D eigenvalue weighted by Gasteiger charge is 2.32. The van der Waals surface area contributed by atoms with Crippen LogP contribution in [0.25, 0.3) is 6.08 Å². The third-order valence-corrected chi connectivity index (χ3v) is 5.96. The maximum Gasteiger partial charge on any atom is 0.231 e. The normalized spacial score (nSPS) is 17.5. The number of fused-ring (bicyclic) bond motifs is 1. The fourth-order valence-corrected chi connectivity index (χ4v) is 4.19. The number of benzene rings is 3. The zero-order valence-electron chi connectivity index (χ0n) is 17.5. The first-order chi connectivity index (χ1) is 15.6. The molecule has 0 spiro atoms. The number of nitrogens with zero attached hydrogens (tertiary/aromatic N) is 2. The molecule has 5 nitrogen and oxygen atoms in total. The minimum absolute atomic E-state index is 0.116. The Morgan fingerprint density at radius 3 is 2.38 bits per heavy atom. The highest BCUT2D eigenvalue weighted by Crippen LogP contribution is 2.40. The van der Waals surface area contributed by atoms with E-state index in [-0.39, 0.29) is 23.1 Å². The number of carbonyl (C=O) groups is 1. The van der Waals surface area contributed by atoms with Gasteiger partial charge in [-0.05, 0) is 48.0 Å². The van der Waals surface area contributed by atoms with Gasteiger partial charge in [-0.15, -0.1) is 0 Å². The molecule has 0 amide bonds. The maximum absolute atomic E-state index is 13.2. The number of carbonyl (C=O) groups excluding carboxylic acids is 1. The van der Waals surface area contributed by atoms with E-state index < -0.39 is 0 Å². The summed E-state index contributed by atoms with van der Waals surface area (Å²) in [5, 5.41) is 10.5. The van der Waals surface area contributed by atoms with Crippen molar-refractivity contribution < 1.29 is 19.0 Å². The Morgan fingerprint density at radius 1 is 0.938 bits per heavy atom. The second-order valence-electron chi connectivity index (χ2n) is 8.03. The van der Waals surface area contributed by atoms with E-state index in [0.717, 1.165) is 26.2 Å². The highest BCUT2D eigenvalue weighted by molar-refractivity contribution is 6.15.